The quantitative estimate of drug-likeness (QED) is 0.200. The molecule has 41 heavy (non-hydrogen) atoms. The maximum atomic E-state index is 5.96. The summed E-state index contributed by atoms with van der Waals surface area (Å²) in [7, 11) is 0. The zero-order valence-corrected chi connectivity index (χ0v) is 21.9. The van der Waals surface area contributed by atoms with Crippen LogP contribution in [0.2, 0.25) is 0 Å². The highest BCUT2D eigenvalue weighted by Crippen LogP contribution is 2.29. The molecule has 5 heterocycles. The van der Waals surface area contributed by atoms with Gasteiger partial charge in [0, 0.05) is 35.9 Å². The fourth-order valence-electron chi connectivity index (χ4n) is 4.01. The Morgan fingerprint density at radius 2 is 1.32 bits per heavy atom. The second-order valence-corrected chi connectivity index (χ2v) is 8.68. The minimum Gasteiger partial charge on any atom is -0.416 e. The highest BCUT2D eigenvalue weighted by atomic mass is 16.4. The molecule has 198 valence electrons. The fraction of sp³-hybridized carbons (Fsp3) is 0.0323. The molecule has 6 rings (SSSR count). The second kappa shape index (κ2) is 11.5. The van der Waals surface area contributed by atoms with E-state index < -0.39 is 0 Å². The van der Waals surface area contributed by atoms with Crippen molar-refractivity contribution in [3.8, 4) is 57.2 Å². The van der Waals surface area contributed by atoms with Gasteiger partial charge in [0.1, 0.15) is 0 Å². The molecule has 0 radical (unpaired) electrons. The molecule has 5 aromatic heterocycles. The first-order chi connectivity index (χ1) is 20.2. The summed E-state index contributed by atoms with van der Waals surface area (Å²) in [5.41, 5.74) is 5.77. The zero-order chi connectivity index (χ0) is 28.0. The molecule has 0 unspecified atom stereocenters. The van der Waals surface area contributed by atoms with Gasteiger partial charge in [-0.15, -0.1) is 20.4 Å². The van der Waals surface area contributed by atoms with E-state index in [0.29, 0.717) is 57.2 Å². The molecule has 0 aliphatic heterocycles. The summed E-state index contributed by atoms with van der Waals surface area (Å²) in [6.45, 7) is 5.57. The molecule has 0 spiro atoms. The molecule has 0 aliphatic carbocycles. The first kappa shape index (κ1) is 25.4. The summed E-state index contributed by atoms with van der Waals surface area (Å²) in [6, 6.07) is 20.6. The topological polar surface area (TPSA) is 129 Å². The predicted octanol–water partition coefficient (Wildman–Crippen LogP) is 6.48. The Kier molecular flexibility index (Phi) is 7.09. The molecule has 1 aromatic carbocycles. The first-order valence-corrected chi connectivity index (χ1v) is 12.7. The van der Waals surface area contributed by atoms with Crippen molar-refractivity contribution in [2.24, 2.45) is 4.99 Å². The predicted molar refractivity (Wildman–Crippen MR) is 154 cm³/mol. The van der Waals surface area contributed by atoms with Crippen molar-refractivity contribution >= 4 is 5.71 Å². The van der Waals surface area contributed by atoms with Gasteiger partial charge in [0.2, 0.25) is 23.6 Å². The molecule has 0 N–H and O–H groups in total. The zero-order valence-electron chi connectivity index (χ0n) is 21.9. The number of allylic oxidation sites excluding steroid dienone is 2. The van der Waals surface area contributed by atoms with Crippen molar-refractivity contribution in [2.45, 2.75) is 6.92 Å². The number of hydrogen-bond donors (Lipinski definition) is 0. The van der Waals surface area contributed by atoms with Gasteiger partial charge in [0.25, 0.3) is 0 Å². The summed E-state index contributed by atoms with van der Waals surface area (Å²) in [5.74, 6) is 1.41. The van der Waals surface area contributed by atoms with E-state index in [1.165, 1.54) is 6.20 Å². The molecule has 0 aliphatic rings. The van der Waals surface area contributed by atoms with Gasteiger partial charge in [-0.05, 0) is 67.6 Å². The van der Waals surface area contributed by atoms with Crippen molar-refractivity contribution in [1.29, 1.82) is 0 Å². The SMILES string of the molecule is C=CN=C(/C=C\C)c1ccc(-c2nnc(-c3cccc(-c4nnc(-c5ccc(-c6ccccn6)nc5)o4)c3)o2)cn1. The monoisotopic (exact) mass is 538 g/mol. The first-order valence-electron chi connectivity index (χ1n) is 12.7. The average molecular weight is 539 g/mol. The van der Waals surface area contributed by atoms with Crippen LogP contribution in [0.25, 0.3) is 57.2 Å². The van der Waals surface area contributed by atoms with E-state index in [2.05, 4.69) is 46.9 Å². The number of nitrogens with zero attached hydrogens (tertiary/aromatic N) is 8. The Morgan fingerprint density at radius 1 is 0.683 bits per heavy atom. The van der Waals surface area contributed by atoms with E-state index >= 15 is 0 Å². The van der Waals surface area contributed by atoms with Gasteiger partial charge in [0.05, 0.1) is 33.9 Å². The molecule has 0 bridgehead atoms. The molecule has 0 atom stereocenters. The number of hydrogen-bond acceptors (Lipinski definition) is 10. The standard InChI is InChI=1S/C31H22N8O2/c1-3-8-24(32-4-2)26-14-12-22(18-34-26)30-38-36-28(40-30)20-9-7-10-21(17-20)29-37-39-31(41-29)23-13-15-27(35-19-23)25-11-5-6-16-33-25/h3-19H,2H2,1H3/b8-3-,32-24?. The molecular formula is C31H22N8O2. The minimum absolute atomic E-state index is 0.347. The maximum Gasteiger partial charge on any atom is 0.249 e. The lowest BCUT2D eigenvalue weighted by Gasteiger charge is -2.01. The molecule has 0 saturated carbocycles. The van der Waals surface area contributed by atoms with E-state index in [1.54, 1.807) is 18.6 Å². The summed E-state index contributed by atoms with van der Waals surface area (Å²) < 4.78 is 11.9. The third-order valence-corrected chi connectivity index (χ3v) is 5.97. The van der Waals surface area contributed by atoms with Crippen LogP contribution in [0.5, 0.6) is 0 Å². The molecule has 10 nitrogen and oxygen atoms in total. The second-order valence-electron chi connectivity index (χ2n) is 8.68. The van der Waals surface area contributed by atoms with Crippen LogP contribution in [0.3, 0.4) is 0 Å². The molecule has 0 saturated heterocycles. The van der Waals surface area contributed by atoms with Crippen molar-refractivity contribution in [2.75, 3.05) is 0 Å². The van der Waals surface area contributed by atoms with E-state index in [9.17, 15) is 0 Å². The van der Waals surface area contributed by atoms with Crippen LogP contribution < -0.4 is 0 Å². The largest absolute Gasteiger partial charge is 0.416 e. The smallest absolute Gasteiger partial charge is 0.249 e. The average Bonchev–Trinajstić information content (AvgIpc) is 3.73. The van der Waals surface area contributed by atoms with Gasteiger partial charge in [-0.25, -0.2) is 0 Å². The Labute approximate surface area is 234 Å². The van der Waals surface area contributed by atoms with Crippen LogP contribution in [0.15, 0.2) is 124 Å². The van der Waals surface area contributed by atoms with Crippen LogP contribution >= 0.6 is 0 Å². The van der Waals surface area contributed by atoms with Gasteiger partial charge in [-0.2, -0.15) is 0 Å². The molecule has 0 amide bonds. The van der Waals surface area contributed by atoms with Gasteiger partial charge in [-0.1, -0.05) is 24.8 Å². The van der Waals surface area contributed by atoms with E-state index in [1.807, 2.05) is 85.8 Å². The third-order valence-electron chi connectivity index (χ3n) is 5.97. The molecule has 0 fully saturated rings. The van der Waals surface area contributed by atoms with E-state index in [0.717, 1.165) is 11.4 Å². The normalized spacial score (nSPS) is 11.7. The van der Waals surface area contributed by atoms with Crippen molar-refractivity contribution in [3.63, 3.8) is 0 Å². The summed E-state index contributed by atoms with van der Waals surface area (Å²) in [5, 5.41) is 16.9. The summed E-state index contributed by atoms with van der Waals surface area (Å²) >= 11 is 0. The van der Waals surface area contributed by atoms with Crippen LogP contribution in [0.4, 0.5) is 0 Å². The molecular weight excluding hydrogens is 516 g/mol. The lowest BCUT2D eigenvalue weighted by molar-refractivity contribution is 0.582. The molecule has 10 heteroatoms. The lowest BCUT2D eigenvalue weighted by atomic mass is 10.1. The molecule has 6 aromatic rings. The van der Waals surface area contributed by atoms with Gasteiger partial charge < -0.3 is 8.83 Å². The Morgan fingerprint density at radius 3 is 1.85 bits per heavy atom. The van der Waals surface area contributed by atoms with E-state index in [4.69, 9.17) is 8.83 Å². The van der Waals surface area contributed by atoms with Gasteiger partial charge in [0.15, 0.2) is 0 Å². The third kappa shape index (κ3) is 5.48. The lowest BCUT2D eigenvalue weighted by Crippen LogP contribution is -1.99. The van der Waals surface area contributed by atoms with Crippen molar-refractivity contribution in [1.82, 2.24) is 35.3 Å². The van der Waals surface area contributed by atoms with E-state index in [-0.39, 0.29) is 0 Å². The van der Waals surface area contributed by atoms with Crippen molar-refractivity contribution in [3.05, 3.63) is 116 Å². The summed E-state index contributed by atoms with van der Waals surface area (Å²) in [6.07, 6.45) is 10.3. The number of benzene rings is 1. The van der Waals surface area contributed by atoms with Crippen LogP contribution in [0, 0.1) is 0 Å². The van der Waals surface area contributed by atoms with Crippen LogP contribution in [-0.2, 0) is 0 Å². The Balaban J connectivity index is 1.21. The number of aliphatic imine (C=N–C) groups is 1. The van der Waals surface area contributed by atoms with Gasteiger partial charge in [-0.3, -0.25) is 19.9 Å². The minimum atomic E-state index is 0.347. The Bertz CT molecular complexity index is 1850. The number of pyridine rings is 3. The van der Waals surface area contributed by atoms with Crippen LogP contribution in [0.1, 0.15) is 12.6 Å². The highest BCUT2D eigenvalue weighted by Gasteiger charge is 2.15. The highest BCUT2D eigenvalue weighted by molar-refractivity contribution is 6.07. The fourth-order valence-corrected chi connectivity index (χ4v) is 4.01. The maximum absolute atomic E-state index is 5.96. The number of rotatable bonds is 8. The van der Waals surface area contributed by atoms with Crippen LogP contribution in [-0.4, -0.2) is 41.1 Å². The summed E-state index contributed by atoms with van der Waals surface area (Å²) in [4.78, 5) is 17.5. The number of aromatic nitrogens is 7. The Hall–Kier alpha value is -5.90. The van der Waals surface area contributed by atoms with Crippen molar-refractivity contribution < 1.29 is 8.83 Å². The van der Waals surface area contributed by atoms with Gasteiger partial charge >= 0.3 is 0 Å².